The molecule has 2 aromatic heterocycles. The summed E-state index contributed by atoms with van der Waals surface area (Å²) >= 11 is 0. The summed E-state index contributed by atoms with van der Waals surface area (Å²) in [4.78, 5) is 32.9. The molecule has 0 aromatic carbocycles. The van der Waals surface area contributed by atoms with Gasteiger partial charge in [0.1, 0.15) is 0 Å². The van der Waals surface area contributed by atoms with E-state index in [0.717, 1.165) is 32.1 Å². The first kappa shape index (κ1) is 13.6. The van der Waals surface area contributed by atoms with E-state index in [-0.39, 0.29) is 0 Å². The van der Waals surface area contributed by atoms with E-state index in [1.54, 1.807) is 13.1 Å². The number of piperazine rings is 1. The fourth-order valence-electron chi connectivity index (χ4n) is 2.72. The van der Waals surface area contributed by atoms with E-state index in [1.807, 2.05) is 4.57 Å². The molecule has 0 spiro atoms. The van der Waals surface area contributed by atoms with Crippen molar-refractivity contribution >= 4 is 17.1 Å². The number of anilines is 1. The fraction of sp³-hybridized carbons (Fsp3) is 0.462. The van der Waals surface area contributed by atoms with Crippen molar-refractivity contribution in [2.45, 2.75) is 6.54 Å². The van der Waals surface area contributed by atoms with Crippen LogP contribution in [0.25, 0.3) is 11.2 Å². The zero-order valence-corrected chi connectivity index (χ0v) is 12.0. The molecule has 0 bridgehead atoms. The normalized spacial score (nSPS) is 15.6. The average molecular weight is 291 g/mol. The lowest BCUT2D eigenvalue weighted by atomic mass is 10.4. The summed E-state index contributed by atoms with van der Waals surface area (Å²) in [6, 6.07) is 0. The van der Waals surface area contributed by atoms with Crippen LogP contribution in [0.15, 0.2) is 22.2 Å². The lowest BCUT2D eigenvalue weighted by Crippen LogP contribution is -2.89. The maximum atomic E-state index is 12.2. The highest BCUT2D eigenvalue weighted by Gasteiger charge is 2.22. The molecule has 0 amide bonds. The van der Waals surface area contributed by atoms with Crippen LogP contribution in [0.2, 0.25) is 0 Å². The van der Waals surface area contributed by atoms with E-state index in [4.69, 9.17) is 0 Å². The Kier molecular flexibility index (Phi) is 3.38. The molecular weight excluding hydrogens is 272 g/mol. The number of nitrogens with one attached hydrogen (secondary N) is 1. The Morgan fingerprint density at radius 3 is 2.76 bits per heavy atom. The zero-order valence-electron chi connectivity index (χ0n) is 12.0. The summed E-state index contributed by atoms with van der Waals surface area (Å²) < 4.78 is 3.20. The fourth-order valence-corrected chi connectivity index (χ4v) is 2.72. The van der Waals surface area contributed by atoms with Crippen molar-refractivity contribution in [3.63, 3.8) is 0 Å². The molecule has 0 radical (unpaired) electrons. The second-order valence-corrected chi connectivity index (χ2v) is 5.15. The number of hydrogen-bond acceptors (Lipinski definition) is 4. The van der Waals surface area contributed by atoms with Crippen molar-refractivity contribution in [1.29, 1.82) is 0 Å². The van der Waals surface area contributed by atoms with Crippen LogP contribution in [-0.4, -0.2) is 45.3 Å². The van der Waals surface area contributed by atoms with Crippen LogP contribution >= 0.6 is 0 Å². The maximum absolute atomic E-state index is 12.2. The van der Waals surface area contributed by atoms with Gasteiger partial charge in [0, 0.05) is 13.6 Å². The number of nitrogens with two attached hydrogens (primary N) is 1. The third-order valence-electron chi connectivity index (χ3n) is 3.79. The van der Waals surface area contributed by atoms with Gasteiger partial charge in [-0.3, -0.25) is 14.3 Å². The van der Waals surface area contributed by atoms with Crippen LogP contribution in [0.3, 0.4) is 0 Å². The van der Waals surface area contributed by atoms with Crippen LogP contribution < -0.4 is 21.5 Å². The van der Waals surface area contributed by atoms with Gasteiger partial charge < -0.3 is 14.8 Å². The Bertz CT molecular complexity index is 793. The van der Waals surface area contributed by atoms with Crippen LogP contribution in [0.4, 0.5) is 5.95 Å². The zero-order chi connectivity index (χ0) is 15.0. The van der Waals surface area contributed by atoms with Crippen molar-refractivity contribution in [2.24, 2.45) is 7.05 Å². The number of aryl methyl sites for hydroxylation is 1. The van der Waals surface area contributed by atoms with Crippen molar-refractivity contribution in [3.8, 4) is 0 Å². The van der Waals surface area contributed by atoms with Gasteiger partial charge in [-0.15, -0.1) is 6.58 Å². The first-order valence-corrected chi connectivity index (χ1v) is 7.00. The molecule has 1 fully saturated rings. The van der Waals surface area contributed by atoms with Crippen LogP contribution in [0.5, 0.6) is 0 Å². The summed E-state index contributed by atoms with van der Waals surface area (Å²) in [5.41, 5.74) is -0.0248. The maximum Gasteiger partial charge on any atom is 0.329 e. The van der Waals surface area contributed by atoms with Crippen molar-refractivity contribution in [1.82, 2.24) is 19.1 Å². The lowest BCUT2D eigenvalue weighted by molar-refractivity contribution is -0.655. The van der Waals surface area contributed by atoms with Gasteiger partial charge in [0.25, 0.3) is 5.56 Å². The largest absolute Gasteiger partial charge is 0.343 e. The smallest absolute Gasteiger partial charge is 0.329 e. The molecule has 0 aliphatic carbocycles. The molecule has 3 heterocycles. The Labute approximate surface area is 120 Å². The van der Waals surface area contributed by atoms with Gasteiger partial charge in [-0.2, -0.15) is 4.98 Å². The predicted molar refractivity (Wildman–Crippen MR) is 79.7 cm³/mol. The molecule has 112 valence electrons. The SMILES string of the molecule is C=CCn1c(N2CC[NH2+]CC2)nc2c1c(=O)[nH]c(=O)n2C. The monoisotopic (exact) mass is 291 g/mol. The topological polar surface area (TPSA) is 92.5 Å². The molecule has 2 aromatic rings. The van der Waals surface area contributed by atoms with Gasteiger partial charge >= 0.3 is 5.69 Å². The standard InChI is InChI=1S/C13H18N6O2/c1-3-6-19-9-10(17(2)13(21)16-11(9)20)15-12(19)18-7-4-14-5-8-18/h3,14H,1,4-8H2,2H3,(H,16,20,21)/p+1. The number of H-pyrrole nitrogens is 1. The summed E-state index contributed by atoms with van der Waals surface area (Å²) in [5, 5.41) is 2.25. The van der Waals surface area contributed by atoms with Gasteiger partial charge in [-0.25, -0.2) is 4.79 Å². The van der Waals surface area contributed by atoms with Gasteiger partial charge in [0.15, 0.2) is 11.2 Å². The second-order valence-electron chi connectivity index (χ2n) is 5.15. The Morgan fingerprint density at radius 1 is 1.38 bits per heavy atom. The van der Waals surface area contributed by atoms with Crippen LogP contribution in [0.1, 0.15) is 0 Å². The minimum absolute atomic E-state index is 0.405. The molecule has 3 rings (SSSR count). The van der Waals surface area contributed by atoms with Gasteiger partial charge in [-0.05, 0) is 0 Å². The number of aromatic amines is 1. The molecule has 1 saturated heterocycles. The summed E-state index contributed by atoms with van der Waals surface area (Å²) in [5.74, 6) is 0.727. The molecule has 8 heteroatoms. The summed E-state index contributed by atoms with van der Waals surface area (Å²) in [6.07, 6.45) is 1.73. The van der Waals surface area contributed by atoms with E-state index in [1.165, 1.54) is 4.57 Å². The highest BCUT2D eigenvalue weighted by Crippen LogP contribution is 2.19. The molecule has 0 saturated carbocycles. The van der Waals surface area contributed by atoms with Crippen molar-refractivity contribution in [3.05, 3.63) is 33.5 Å². The number of aromatic nitrogens is 4. The van der Waals surface area contributed by atoms with E-state index in [9.17, 15) is 9.59 Å². The number of quaternary nitrogens is 1. The molecule has 21 heavy (non-hydrogen) atoms. The molecule has 1 aliphatic rings. The average Bonchev–Trinajstić information content (AvgIpc) is 2.86. The minimum atomic E-state index is -0.450. The van der Waals surface area contributed by atoms with Crippen molar-refractivity contribution in [2.75, 3.05) is 31.1 Å². The van der Waals surface area contributed by atoms with Crippen LogP contribution in [-0.2, 0) is 13.6 Å². The first-order valence-electron chi connectivity index (χ1n) is 7.00. The Morgan fingerprint density at radius 2 is 2.10 bits per heavy atom. The second kappa shape index (κ2) is 5.21. The Hall–Kier alpha value is -2.35. The van der Waals surface area contributed by atoms with Crippen molar-refractivity contribution < 1.29 is 5.32 Å². The van der Waals surface area contributed by atoms with Crippen LogP contribution in [0, 0.1) is 0 Å². The molecule has 8 nitrogen and oxygen atoms in total. The van der Waals surface area contributed by atoms with E-state index in [2.05, 4.69) is 26.8 Å². The highest BCUT2D eigenvalue weighted by atomic mass is 16.2. The molecule has 0 atom stereocenters. The number of imidazole rings is 1. The lowest BCUT2D eigenvalue weighted by Gasteiger charge is -2.26. The quantitative estimate of drug-likeness (QED) is 0.639. The third-order valence-corrected chi connectivity index (χ3v) is 3.79. The van der Waals surface area contributed by atoms with E-state index in [0.29, 0.717) is 17.7 Å². The predicted octanol–water partition coefficient (Wildman–Crippen LogP) is -2.01. The molecule has 3 N–H and O–H groups in total. The van der Waals surface area contributed by atoms with Gasteiger partial charge in [0.05, 0.1) is 26.2 Å². The third kappa shape index (κ3) is 2.17. The number of fused-ring (bicyclic) bond motifs is 1. The highest BCUT2D eigenvalue weighted by molar-refractivity contribution is 5.74. The number of rotatable bonds is 3. The first-order chi connectivity index (χ1) is 10.1. The number of nitrogens with zero attached hydrogens (tertiary/aromatic N) is 4. The Balaban J connectivity index is 2.28. The number of hydrogen-bond donors (Lipinski definition) is 2. The molecule has 0 unspecified atom stereocenters. The summed E-state index contributed by atoms with van der Waals surface area (Å²) in [7, 11) is 1.61. The van der Waals surface area contributed by atoms with E-state index >= 15 is 0 Å². The minimum Gasteiger partial charge on any atom is -0.343 e. The van der Waals surface area contributed by atoms with Gasteiger partial charge in [-0.1, -0.05) is 6.08 Å². The molecule has 1 aliphatic heterocycles. The summed E-state index contributed by atoms with van der Waals surface area (Å²) in [6.45, 7) is 7.94. The molecular formula is C13H19N6O2+. The van der Waals surface area contributed by atoms with Gasteiger partial charge in [0.2, 0.25) is 5.95 Å². The number of allylic oxidation sites excluding steroid dienone is 1. The van der Waals surface area contributed by atoms with E-state index < -0.39 is 11.2 Å².